The van der Waals surface area contributed by atoms with E-state index in [1.54, 1.807) is 0 Å². The summed E-state index contributed by atoms with van der Waals surface area (Å²) in [4.78, 5) is 32.4. The van der Waals surface area contributed by atoms with Crippen LogP contribution in [0.15, 0.2) is 47.9 Å². The molecule has 2 saturated carbocycles. The molecule has 1 N–H and O–H groups in total. The van der Waals surface area contributed by atoms with Crippen LogP contribution in [0.5, 0.6) is 0 Å². The number of carbonyl (C=O) groups excluding carboxylic acids is 2. The molecule has 0 radical (unpaired) electrons. The molecule has 0 aliphatic heterocycles. The van der Waals surface area contributed by atoms with Gasteiger partial charge in [0.05, 0.1) is 0 Å². The van der Waals surface area contributed by atoms with Crippen LogP contribution in [-0.4, -0.2) is 39.4 Å². The summed E-state index contributed by atoms with van der Waals surface area (Å²) in [5.74, 6) is -7.07. The summed E-state index contributed by atoms with van der Waals surface area (Å²) in [5, 5.41) is 2.60. The van der Waals surface area contributed by atoms with E-state index in [0.29, 0.717) is 17.0 Å². The van der Waals surface area contributed by atoms with Gasteiger partial charge in [-0.25, -0.2) is 23.1 Å². The number of nitrogens with one attached hydrogen (secondary N) is 1. The van der Waals surface area contributed by atoms with Crippen molar-refractivity contribution in [1.29, 1.82) is 0 Å². The van der Waals surface area contributed by atoms with Crippen LogP contribution in [0.2, 0.25) is 0 Å². The van der Waals surface area contributed by atoms with Crippen molar-refractivity contribution in [3.05, 3.63) is 48.5 Å². The first-order valence-electron chi connectivity index (χ1n) is 11.1. The highest BCUT2D eigenvalue weighted by molar-refractivity contribution is 8.45. The van der Waals surface area contributed by atoms with Gasteiger partial charge in [0.1, 0.15) is 11.2 Å². The maximum absolute atomic E-state index is 14.2. The molecule has 2 aliphatic carbocycles. The molecule has 2 amide bonds. The standard InChI is InChI=1S/C22H21ClF8N4O2S/c1-21(14-9-32-11-33-10-14,20(37)34-17-7-13-6-12(17)8-22(13,25)26)35(19(36)18(23)24)15-2-4-16(5-3-15)38(27,28,29,30)31/h2-5,9-13,17-18H,6-8H2,1H3,(H,34,37)/t12?,13?,17-,18-,21-/m0/s1. The third-order valence-corrected chi connectivity index (χ3v) is 8.45. The number of benzene rings is 1. The lowest BCUT2D eigenvalue weighted by Crippen LogP contribution is -2.60. The highest BCUT2D eigenvalue weighted by atomic mass is 35.5. The number of fused-ring (bicyclic) bond motifs is 2. The molecule has 2 aliphatic rings. The predicted octanol–water partition coefficient (Wildman–Crippen LogP) is 6.47. The number of rotatable bonds is 7. The zero-order chi connectivity index (χ0) is 28.4. The van der Waals surface area contributed by atoms with Crippen LogP contribution in [0.1, 0.15) is 31.7 Å². The van der Waals surface area contributed by atoms with Gasteiger partial charge in [-0.3, -0.25) is 14.5 Å². The molecular formula is C22H21ClF8N4O2S. The van der Waals surface area contributed by atoms with Gasteiger partial charge in [-0.2, -0.15) is 0 Å². The first-order chi connectivity index (χ1) is 17.2. The van der Waals surface area contributed by atoms with E-state index in [1.807, 2.05) is 0 Å². The Labute approximate surface area is 216 Å². The summed E-state index contributed by atoms with van der Waals surface area (Å²) in [6, 6.07) is 0.198. The van der Waals surface area contributed by atoms with Crippen LogP contribution in [0.25, 0.3) is 0 Å². The predicted molar refractivity (Wildman–Crippen MR) is 123 cm³/mol. The van der Waals surface area contributed by atoms with Gasteiger partial charge in [-0.05, 0) is 49.9 Å². The van der Waals surface area contributed by atoms with E-state index >= 15 is 0 Å². The van der Waals surface area contributed by atoms with Crippen molar-refractivity contribution >= 4 is 39.3 Å². The molecule has 2 fully saturated rings. The average Bonchev–Trinajstić information content (AvgIpc) is 3.34. The summed E-state index contributed by atoms with van der Waals surface area (Å²) in [6.45, 7) is 1.10. The summed E-state index contributed by atoms with van der Waals surface area (Å²) in [5.41, 5.74) is -5.82. The van der Waals surface area contributed by atoms with E-state index in [-0.39, 0.29) is 30.5 Å². The molecule has 0 saturated heterocycles. The fraction of sp³-hybridized carbons (Fsp3) is 0.455. The number of aromatic nitrogens is 2. The fourth-order valence-electron chi connectivity index (χ4n) is 5.17. The molecule has 2 bridgehead atoms. The van der Waals surface area contributed by atoms with Gasteiger partial charge >= 0.3 is 10.2 Å². The number of alkyl halides is 4. The second kappa shape index (κ2) is 8.41. The lowest BCUT2D eigenvalue weighted by Gasteiger charge is -2.42. The highest BCUT2D eigenvalue weighted by Gasteiger charge is 2.65. The number of nitrogens with zero attached hydrogens (tertiary/aromatic N) is 3. The molecular weight excluding hydrogens is 572 g/mol. The summed E-state index contributed by atoms with van der Waals surface area (Å²) in [7, 11) is -10.1. The Morgan fingerprint density at radius 3 is 2.13 bits per heavy atom. The van der Waals surface area contributed by atoms with Crippen molar-refractivity contribution in [3.63, 3.8) is 0 Å². The number of hydrogen-bond acceptors (Lipinski definition) is 4. The smallest absolute Gasteiger partial charge is 0.310 e. The van der Waals surface area contributed by atoms with Crippen LogP contribution < -0.4 is 10.2 Å². The number of anilines is 1. The first-order valence-corrected chi connectivity index (χ1v) is 13.5. The summed E-state index contributed by atoms with van der Waals surface area (Å²) < 4.78 is 108. The normalized spacial score (nSPS) is 26.5. The van der Waals surface area contributed by atoms with Crippen LogP contribution >= 0.6 is 21.8 Å². The van der Waals surface area contributed by atoms with E-state index < -0.39 is 74.0 Å². The third-order valence-electron chi connectivity index (χ3n) is 7.10. The number of amides is 2. The van der Waals surface area contributed by atoms with Crippen molar-refractivity contribution in [2.24, 2.45) is 11.8 Å². The maximum Gasteiger partial charge on any atom is 0.310 e. The summed E-state index contributed by atoms with van der Waals surface area (Å²) >= 11 is 5.37. The average molecular weight is 593 g/mol. The van der Waals surface area contributed by atoms with Gasteiger partial charge in [0.2, 0.25) is 0 Å². The van der Waals surface area contributed by atoms with Crippen molar-refractivity contribution in [3.8, 4) is 0 Å². The molecule has 1 aromatic carbocycles. The molecule has 5 atom stereocenters. The van der Waals surface area contributed by atoms with E-state index in [0.717, 1.165) is 25.6 Å². The topological polar surface area (TPSA) is 75.2 Å². The largest absolute Gasteiger partial charge is 0.351 e. The zero-order valence-corrected chi connectivity index (χ0v) is 21.0. The van der Waals surface area contributed by atoms with Crippen LogP contribution in [0, 0.1) is 11.8 Å². The Balaban J connectivity index is 1.79. The minimum atomic E-state index is -10.1. The minimum Gasteiger partial charge on any atom is -0.351 e. The van der Waals surface area contributed by atoms with Crippen molar-refractivity contribution in [1.82, 2.24) is 15.3 Å². The van der Waals surface area contributed by atoms with Gasteiger partial charge in [-0.15, -0.1) is 0 Å². The van der Waals surface area contributed by atoms with Gasteiger partial charge in [0, 0.05) is 42.0 Å². The number of hydrogen-bond donors (Lipinski definition) is 1. The zero-order valence-electron chi connectivity index (χ0n) is 19.4. The molecule has 38 heavy (non-hydrogen) atoms. The van der Waals surface area contributed by atoms with E-state index in [2.05, 4.69) is 15.3 Å². The third kappa shape index (κ3) is 5.14. The van der Waals surface area contributed by atoms with Gasteiger partial charge in [-0.1, -0.05) is 31.0 Å². The Hall–Kier alpha value is -2.68. The highest BCUT2D eigenvalue weighted by Crippen LogP contribution is 3.02. The molecule has 6 nitrogen and oxygen atoms in total. The van der Waals surface area contributed by atoms with Crippen LogP contribution in [0.4, 0.5) is 38.3 Å². The first kappa shape index (κ1) is 28.3. The van der Waals surface area contributed by atoms with Crippen molar-refractivity contribution in [2.45, 2.75) is 54.2 Å². The lowest BCUT2D eigenvalue weighted by molar-refractivity contribution is -0.132. The van der Waals surface area contributed by atoms with E-state index in [4.69, 9.17) is 11.6 Å². The van der Waals surface area contributed by atoms with Crippen LogP contribution in [0.3, 0.4) is 0 Å². The molecule has 2 unspecified atom stereocenters. The number of halogens is 9. The van der Waals surface area contributed by atoms with E-state index in [9.17, 15) is 42.2 Å². The van der Waals surface area contributed by atoms with Crippen molar-refractivity contribution < 1.29 is 42.2 Å². The van der Waals surface area contributed by atoms with E-state index in [1.165, 1.54) is 0 Å². The molecule has 16 heteroatoms. The van der Waals surface area contributed by atoms with Gasteiger partial charge in [0.15, 0.2) is 5.54 Å². The molecule has 1 aromatic heterocycles. The molecule has 210 valence electrons. The Bertz CT molecular complexity index is 1250. The molecule has 1 heterocycles. The van der Waals surface area contributed by atoms with Crippen molar-refractivity contribution in [2.75, 3.05) is 4.90 Å². The summed E-state index contributed by atoms with van der Waals surface area (Å²) in [6.07, 6.45) is 2.82. The molecule has 0 spiro atoms. The lowest BCUT2D eigenvalue weighted by atomic mass is 9.87. The monoisotopic (exact) mass is 592 g/mol. The Morgan fingerprint density at radius 1 is 1.11 bits per heavy atom. The minimum absolute atomic E-state index is 0.00350. The Kier molecular flexibility index (Phi) is 6.27. The molecule has 4 rings (SSSR count). The second-order valence-electron chi connectivity index (χ2n) is 9.61. The Morgan fingerprint density at radius 2 is 1.68 bits per heavy atom. The van der Waals surface area contributed by atoms with Gasteiger partial charge < -0.3 is 5.32 Å². The van der Waals surface area contributed by atoms with Gasteiger partial charge in [0.25, 0.3) is 23.4 Å². The maximum atomic E-state index is 14.2. The second-order valence-corrected chi connectivity index (χ2v) is 12.4. The number of carbonyl (C=O) groups is 2. The quantitative estimate of drug-likeness (QED) is 0.296. The molecule has 2 aromatic rings. The fourth-order valence-corrected chi connectivity index (χ4v) is 5.91. The van der Waals surface area contributed by atoms with Crippen LogP contribution in [-0.2, 0) is 15.1 Å². The SMILES string of the molecule is C[C@@](C(=O)N[C@H]1CC2CC1CC2(F)F)(c1cncnc1)N(C(=O)[C@H](F)Cl)c1ccc(S(F)(F)(F)(F)F)cc1.